The summed E-state index contributed by atoms with van der Waals surface area (Å²) in [6.07, 6.45) is 2.24. The van der Waals surface area contributed by atoms with E-state index in [1.807, 2.05) is 22.9 Å². The molecule has 162 valence electrons. The van der Waals surface area contributed by atoms with Gasteiger partial charge in [-0.15, -0.1) is 5.10 Å². The summed E-state index contributed by atoms with van der Waals surface area (Å²) >= 11 is 0. The lowest BCUT2D eigenvalue weighted by Crippen LogP contribution is -2.48. The number of rotatable bonds is 6. The number of hydrogen-bond donors (Lipinski definition) is 0. The summed E-state index contributed by atoms with van der Waals surface area (Å²) in [6, 6.07) is 17.1. The van der Waals surface area contributed by atoms with E-state index < -0.39 is 0 Å². The third-order valence-electron chi connectivity index (χ3n) is 6.19. The van der Waals surface area contributed by atoms with Crippen LogP contribution in [0, 0.1) is 5.82 Å². The minimum absolute atomic E-state index is 0.130. The van der Waals surface area contributed by atoms with Gasteiger partial charge in [0, 0.05) is 38.5 Å². The Morgan fingerprint density at radius 2 is 1.77 bits per heavy atom. The molecule has 2 aliphatic heterocycles. The molecule has 0 aliphatic carbocycles. The fourth-order valence-corrected chi connectivity index (χ4v) is 4.56. The smallest absolute Gasteiger partial charge is 0.173 e. The highest BCUT2D eigenvalue weighted by Crippen LogP contribution is 2.30. The van der Waals surface area contributed by atoms with Crippen LogP contribution < -0.4 is 4.90 Å². The number of ether oxygens (including phenoxy) is 1. The highest BCUT2D eigenvalue weighted by molar-refractivity contribution is 5.46. The molecule has 0 amide bonds. The van der Waals surface area contributed by atoms with Crippen molar-refractivity contribution in [3.8, 4) is 0 Å². The second-order valence-electron chi connectivity index (χ2n) is 8.17. The fourth-order valence-electron chi connectivity index (χ4n) is 4.56. The molecule has 2 saturated heterocycles. The van der Waals surface area contributed by atoms with Gasteiger partial charge in [0.15, 0.2) is 5.82 Å². The zero-order chi connectivity index (χ0) is 21.0. The van der Waals surface area contributed by atoms with Gasteiger partial charge in [-0.2, -0.15) is 0 Å². The van der Waals surface area contributed by atoms with E-state index in [1.54, 1.807) is 0 Å². The van der Waals surface area contributed by atoms with Crippen LogP contribution in [0.25, 0.3) is 0 Å². The van der Waals surface area contributed by atoms with Crippen molar-refractivity contribution in [2.24, 2.45) is 0 Å². The second kappa shape index (κ2) is 9.11. The molecule has 31 heavy (non-hydrogen) atoms. The molecule has 8 heteroatoms. The van der Waals surface area contributed by atoms with Gasteiger partial charge in [0.1, 0.15) is 5.82 Å². The first kappa shape index (κ1) is 20.1. The zero-order valence-electron chi connectivity index (χ0n) is 17.5. The van der Waals surface area contributed by atoms with Gasteiger partial charge in [0.25, 0.3) is 0 Å². The van der Waals surface area contributed by atoms with E-state index in [-0.39, 0.29) is 18.0 Å². The molecule has 0 bridgehead atoms. The average molecular weight is 423 g/mol. The lowest BCUT2D eigenvalue weighted by molar-refractivity contribution is 0.0906. The van der Waals surface area contributed by atoms with Gasteiger partial charge in [-0.1, -0.05) is 30.3 Å². The van der Waals surface area contributed by atoms with Crippen molar-refractivity contribution in [2.75, 3.05) is 37.7 Å². The summed E-state index contributed by atoms with van der Waals surface area (Å²) < 4.78 is 21.3. The van der Waals surface area contributed by atoms with Gasteiger partial charge in [0.05, 0.1) is 18.7 Å². The summed E-state index contributed by atoms with van der Waals surface area (Å²) in [5.74, 6) is 0.547. The molecule has 3 aromatic rings. The Balaban J connectivity index is 1.40. The van der Waals surface area contributed by atoms with E-state index in [0.717, 1.165) is 57.0 Å². The molecule has 0 radical (unpaired) electrons. The monoisotopic (exact) mass is 422 g/mol. The highest BCUT2D eigenvalue weighted by atomic mass is 19.1. The van der Waals surface area contributed by atoms with Gasteiger partial charge < -0.3 is 9.64 Å². The average Bonchev–Trinajstić information content (AvgIpc) is 3.49. The van der Waals surface area contributed by atoms with Crippen molar-refractivity contribution >= 4 is 5.69 Å². The molecule has 7 nitrogen and oxygen atoms in total. The van der Waals surface area contributed by atoms with Gasteiger partial charge >= 0.3 is 0 Å². The van der Waals surface area contributed by atoms with Crippen LogP contribution in [0.2, 0.25) is 0 Å². The zero-order valence-corrected chi connectivity index (χ0v) is 17.5. The van der Waals surface area contributed by atoms with Crippen LogP contribution in [0.3, 0.4) is 0 Å². The standard InChI is InChI=1S/C23H27FN6O/c24-19-10-8-18(9-11-19)22(23-25-26-27-30(23)17-21-7-4-16-31-21)29-14-12-28(13-15-29)20-5-2-1-3-6-20/h1-3,5-6,8-11,21-22H,4,7,12-17H2/t21-,22+/m0/s1. The van der Waals surface area contributed by atoms with Crippen LogP contribution in [0.5, 0.6) is 0 Å². The molecule has 3 heterocycles. The molecule has 0 N–H and O–H groups in total. The van der Waals surface area contributed by atoms with Crippen molar-refractivity contribution < 1.29 is 9.13 Å². The summed E-state index contributed by atoms with van der Waals surface area (Å²) in [5, 5.41) is 12.7. The molecule has 2 aliphatic rings. The number of halogens is 1. The SMILES string of the molecule is Fc1ccc([C@H](c2nnnn2C[C@@H]2CCCO2)N2CCN(c3ccccc3)CC2)cc1. The van der Waals surface area contributed by atoms with Crippen LogP contribution in [0.1, 0.15) is 30.3 Å². The summed E-state index contributed by atoms with van der Waals surface area (Å²) in [6.45, 7) is 4.99. The molecule has 1 aromatic heterocycles. The summed E-state index contributed by atoms with van der Waals surface area (Å²) in [4.78, 5) is 4.79. The Bertz CT molecular complexity index is 965. The number of nitrogens with zero attached hydrogens (tertiary/aromatic N) is 6. The van der Waals surface area contributed by atoms with Crippen LogP contribution in [-0.2, 0) is 11.3 Å². The summed E-state index contributed by atoms with van der Waals surface area (Å²) in [5.41, 5.74) is 2.24. The molecule has 5 rings (SSSR count). The Morgan fingerprint density at radius 3 is 2.48 bits per heavy atom. The minimum Gasteiger partial charge on any atom is -0.376 e. The number of aromatic nitrogens is 4. The molecule has 2 aromatic carbocycles. The fraction of sp³-hybridized carbons (Fsp3) is 0.435. The Labute approximate surface area is 181 Å². The number of anilines is 1. The molecule has 0 saturated carbocycles. The number of hydrogen-bond acceptors (Lipinski definition) is 6. The Morgan fingerprint density at radius 1 is 1.00 bits per heavy atom. The third-order valence-corrected chi connectivity index (χ3v) is 6.19. The molecule has 0 unspecified atom stereocenters. The van der Waals surface area contributed by atoms with Gasteiger partial charge in [-0.05, 0) is 53.1 Å². The minimum atomic E-state index is -0.240. The van der Waals surface area contributed by atoms with E-state index in [2.05, 4.69) is 49.6 Å². The predicted molar refractivity (Wildman–Crippen MR) is 115 cm³/mol. The maximum atomic E-state index is 13.6. The lowest BCUT2D eigenvalue weighted by Gasteiger charge is -2.40. The van der Waals surface area contributed by atoms with Gasteiger partial charge in [-0.3, -0.25) is 4.90 Å². The largest absolute Gasteiger partial charge is 0.376 e. The highest BCUT2D eigenvalue weighted by Gasteiger charge is 2.31. The van der Waals surface area contributed by atoms with Crippen molar-refractivity contribution in [3.05, 3.63) is 71.8 Å². The normalized spacial score (nSPS) is 20.8. The van der Waals surface area contributed by atoms with E-state index >= 15 is 0 Å². The van der Waals surface area contributed by atoms with Crippen LogP contribution >= 0.6 is 0 Å². The maximum Gasteiger partial charge on any atom is 0.173 e. The molecular formula is C23H27FN6O. The third kappa shape index (κ3) is 4.45. The van der Waals surface area contributed by atoms with Crippen LogP contribution in [0.4, 0.5) is 10.1 Å². The van der Waals surface area contributed by atoms with Crippen LogP contribution in [0.15, 0.2) is 54.6 Å². The van der Waals surface area contributed by atoms with Gasteiger partial charge in [0.2, 0.25) is 0 Å². The topological polar surface area (TPSA) is 59.3 Å². The lowest BCUT2D eigenvalue weighted by atomic mass is 10.0. The molecular weight excluding hydrogens is 395 g/mol. The number of piperazine rings is 1. The molecule has 2 fully saturated rings. The van der Waals surface area contributed by atoms with Crippen molar-refractivity contribution in [3.63, 3.8) is 0 Å². The molecule has 2 atom stereocenters. The number of benzene rings is 2. The number of para-hydroxylation sites is 1. The van der Waals surface area contributed by atoms with Crippen molar-refractivity contribution in [1.82, 2.24) is 25.1 Å². The summed E-state index contributed by atoms with van der Waals surface area (Å²) in [7, 11) is 0. The first-order valence-electron chi connectivity index (χ1n) is 10.9. The quantitative estimate of drug-likeness (QED) is 0.609. The van der Waals surface area contributed by atoms with E-state index in [0.29, 0.717) is 6.54 Å². The molecule has 0 spiro atoms. The van der Waals surface area contributed by atoms with Crippen LogP contribution in [-0.4, -0.2) is 64.0 Å². The number of tetrazole rings is 1. The van der Waals surface area contributed by atoms with E-state index in [9.17, 15) is 4.39 Å². The predicted octanol–water partition coefficient (Wildman–Crippen LogP) is 2.90. The van der Waals surface area contributed by atoms with E-state index in [4.69, 9.17) is 4.74 Å². The maximum absolute atomic E-state index is 13.6. The first-order chi connectivity index (χ1) is 15.3. The van der Waals surface area contributed by atoms with Crippen molar-refractivity contribution in [2.45, 2.75) is 31.5 Å². The Hall–Kier alpha value is -2.84. The van der Waals surface area contributed by atoms with E-state index in [1.165, 1.54) is 17.8 Å². The Kier molecular flexibility index (Phi) is 5.90. The first-order valence-corrected chi connectivity index (χ1v) is 10.9. The van der Waals surface area contributed by atoms with Crippen molar-refractivity contribution in [1.29, 1.82) is 0 Å². The van der Waals surface area contributed by atoms with Gasteiger partial charge in [-0.25, -0.2) is 9.07 Å². The second-order valence-corrected chi connectivity index (χ2v) is 8.17.